The van der Waals surface area contributed by atoms with Gasteiger partial charge in [-0.3, -0.25) is 0 Å². The Kier molecular flexibility index (Phi) is 5.97. The van der Waals surface area contributed by atoms with Gasteiger partial charge in [0.25, 0.3) is 0 Å². The van der Waals surface area contributed by atoms with E-state index >= 15 is 0 Å². The quantitative estimate of drug-likeness (QED) is 0.764. The Morgan fingerprint density at radius 3 is 2.60 bits per heavy atom. The zero-order chi connectivity index (χ0) is 15.3. The number of carbonyl (C=O) groups is 2. The number of nitrogens with one attached hydrogen (secondary N) is 1. The maximum absolute atomic E-state index is 11.9. The van der Waals surface area contributed by atoms with Crippen LogP contribution in [-0.4, -0.2) is 46.8 Å². The zero-order valence-corrected chi connectivity index (χ0v) is 12.8. The number of halogens is 1. The number of hydrogen-bond acceptors (Lipinski definition) is 3. The summed E-state index contributed by atoms with van der Waals surface area (Å²) < 4.78 is 0.495. The molecule has 0 spiro atoms. The normalized spacial score (nSPS) is 11.8. The van der Waals surface area contributed by atoms with Crippen molar-refractivity contribution in [3.63, 3.8) is 0 Å². The summed E-state index contributed by atoms with van der Waals surface area (Å²) in [5.74, 6) is -1.03. The van der Waals surface area contributed by atoms with Gasteiger partial charge in [-0.1, -0.05) is 0 Å². The summed E-state index contributed by atoms with van der Waals surface area (Å²) in [6, 6.07) is 4.04. The van der Waals surface area contributed by atoms with Crippen LogP contribution in [0.1, 0.15) is 23.7 Å². The highest BCUT2D eigenvalue weighted by Crippen LogP contribution is 2.24. The number of amides is 2. The third-order valence-corrected chi connectivity index (χ3v) is 3.34. The zero-order valence-electron chi connectivity index (χ0n) is 11.3. The molecule has 0 saturated heterocycles. The van der Waals surface area contributed by atoms with Gasteiger partial charge in [0.1, 0.15) is 0 Å². The molecule has 0 radical (unpaired) electrons. The fraction of sp³-hybridized carbons (Fsp3) is 0.385. The lowest BCUT2D eigenvalue weighted by atomic mass is 10.2. The highest BCUT2D eigenvalue weighted by Gasteiger charge is 2.12. The molecule has 7 heteroatoms. The van der Waals surface area contributed by atoms with Gasteiger partial charge in [0, 0.05) is 18.1 Å². The van der Waals surface area contributed by atoms with E-state index in [4.69, 9.17) is 5.11 Å². The minimum atomic E-state index is -1.03. The van der Waals surface area contributed by atoms with Gasteiger partial charge in [0.05, 0.1) is 17.4 Å². The summed E-state index contributed by atoms with van der Waals surface area (Å²) in [5.41, 5.74) is 0.626. The second kappa shape index (κ2) is 7.25. The summed E-state index contributed by atoms with van der Waals surface area (Å²) >= 11 is 3.22. The lowest BCUT2D eigenvalue weighted by Crippen LogP contribution is -2.33. The maximum Gasteiger partial charge on any atom is 0.335 e. The molecule has 3 N–H and O–H groups in total. The second-order valence-corrected chi connectivity index (χ2v) is 5.34. The highest BCUT2D eigenvalue weighted by molar-refractivity contribution is 9.10. The molecule has 20 heavy (non-hydrogen) atoms. The molecule has 0 aliphatic rings. The first-order chi connectivity index (χ1) is 9.31. The summed E-state index contributed by atoms with van der Waals surface area (Å²) in [5, 5.41) is 20.7. The van der Waals surface area contributed by atoms with E-state index in [1.165, 1.54) is 23.1 Å². The number of nitrogens with zero attached hydrogens (tertiary/aromatic N) is 1. The maximum atomic E-state index is 11.9. The molecule has 6 nitrogen and oxygen atoms in total. The Morgan fingerprint density at radius 1 is 1.45 bits per heavy atom. The largest absolute Gasteiger partial charge is 0.478 e. The molecule has 0 aliphatic carbocycles. The van der Waals surface area contributed by atoms with Crippen molar-refractivity contribution in [2.24, 2.45) is 0 Å². The fourth-order valence-electron chi connectivity index (χ4n) is 1.44. The third-order valence-electron chi connectivity index (χ3n) is 2.69. The van der Waals surface area contributed by atoms with Crippen LogP contribution in [0.5, 0.6) is 0 Å². The first-order valence-electron chi connectivity index (χ1n) is 6.04. The van der Waals surface area contributed by atoms with E-state index in [0.717, 1.165) is 0 Å². The predicted molar refractivity (Wildman–Crippen MR) is 79.0 cm³/mol. The van der Waals surface area contributed by atoms with Crippen molar-refractivity contribution in [2.75, 3.05) is 18.9 Å². The molecule has 0 heterocycles. The summed E-state index contributed by atoms with van der Waals surface area (Å²) in [4.78, 5) is 24.1. The number of carboxylic acids is 1. The van der Waals surface area contributed by atoms with Crippen LogP contribution >= 0.6 is 15.9 Å². The third kappa shape index (κ3) is 4.82. The summed E-state index contributed by atoms with van der Waals surface area (Å²) in [6.07, 6.45) is 0.0232. The number of aromatic carboxylic acids is 1. The van der Waals surface area contributed by atoms with E-state index in [2.05, 4.69) is 21.2 Å². The van der Waals surface area contributed by atoms with E-state index in [1.807, 2.05) is 0 Å². The molecule has 0 bridgehead atoms. The number of aliphatic hydroxyl groups excluding tert-OH is 1. The number of benzene rings is 1. The lowest BCUT2D eigenvalue weighted by Gasteiger charge is -2.19. The van der Waals surface area contributed by atoms with Crippen molar-refractivity contribution in [1.29, 1.82) is 0 Å². The molecule has 1 aromatic carbocycles. The molecule has 1 unspecified atom stereocenters. The topological polar surface area (TPSA) is 89.9 Å². The van der Waals surface area contributed by atoms with E-state index < -0.39 is 12.1 Å². The molecule has 110 valence electrons. The molecule has 0 fully saturated rings. The first-order valence-corrected chi connectivity index (χ1v) is 6.83. The predicted octanol–water partition coefficient (Wildman–Crippen LogP) is 2.38. The number of rotatable bonds is 5. The van der Waals surface area contributed by atoms with E-state index in [-0.39, 0.29) is 11.6 Å². The molecular formula is C13H17BrN2O4. The van der Waals surface area contributed by atoms with Crippen molar-refractivity contribution in [3.8, 4) is 0 Å². The van der Waals surface area contributed by atoms with Crippen LogP contribution in [0.3, 0.4) is 0 Å². The van der Waals surface area contributed by atoms with E-state index in [0.29, 0.717) is 23.1 Å². The standard InChI is InChI=1S/C13H17BrN2O4/c1-8(17)5-6-16(2)13(20)15-11-4-3-9(12(18)19)7-10(11)14/h3-4,7-8,17H,5-6H2,1-2H3,(H,15,20)(H,18,19). The van der Waals surface area contributed by atoms with Gasteiger partial charge in [-0.2, -0.15) is 0 Å². The molecule has 0 aliphatic heterocycles. The van der Waals surface area contributed by atoms with Crippen LogP contribution in [-0.2, 0) is 0 Å². The van der Waals surface area contributed by atoms with Gasteiger partial charge in [-0.25, -0.2) is 9.59 Å². The van der Waals surface area contributed by atoms with Crippen molar-refractivity contribution in [1.82, 2.24) is 4.90 Å². The van der Waals surface area contributed by atoms with Crippen molar-refractivity contribution >= 4 is 33.6 Å². The van der Waals surface area contributed by atoms with Crippen LogP contribution in [0.2, 0.25) is 0 Å². The molecule has 0 saturated carbocycles. The molecule has 1 rings (SSSR count). The minimum absolute atomic E-state index is 0.136. The fourth-order valence-corrected chi connectivity index (χ4v) is 1.92. The monoisotopic (exact) mass is 344 g/mol. The molecule has 2 amide bonds. The van der Waals surface area contributed by atoms with Crippen LogP contribution in [0.15, 0.2) is 22.7 Å². The Labute approximate surface area is 125 Å². The Balaban J connectivity index is 2.68. The lowest BCUT2D eigenvalue weighted by molar-refractivity contribution is 0.0697. The van der Waals surface area contributed by atoms with Crippen LogP contribution in [0, 0.1) is 0 Å². The average molecular weight is 345 g/mol. The number of hydrogen-bond donors (Lipinski definition) is 3. The SMILES string of the molecule is CC(O)CCN(C)C(=O)Nc1ccc(C(=O)O)cc1Br. The number of urea groups is 1. The highest BCUT2D eigenvalue weighted by atomic mass is 79.9. The van der Waals surface area contributed by atoms with Crippen LogP contribution < -0.4 is 5.32 Å². The van der Waals surface area contributed by atoms with Crippen molar-refractivity contribution in [3.05, 3.63) is 28.2 Å². The average Bonchev–Trinajstić information content (AvgIpc) is 2.37. The molecule has 0 aromatic heterocycles. The summed E-state index contributed by atoms with van der Waals surface area (Å²) in [6.45, 7) is 2.08. The molecule has 1 atom stereocenters. The smallest absolute Gasteiger partial charge is 0.335 e. The van der Waals surface area contributed by atoms with Crippen molar-refractivity contribution < 1.29 is 19.8 Å². The first kappa shape index (κ1) is 16.5. The van der Waals surface area contributed by atoms with E-state index in [1.54, 1.807) is 14.0 Å². The van der Waals surface area contributed by atoms with Gasteiger partial charge in [-0.15, -0.1) is 0 Å². The number of carboxylic acid groups (broad SMARTS) is 1. The van der Waals surface area contributed by atoms with E-state index in [9.17, 15) is 14.7 Å². The van der Waals surface area contributed by atoms with Crippen LogP contribution in [0.4, 0.5) is 10.5 Å². The second-order valence-electron chi connectivity index (χ2n) is 4.49. The number of aliphatic hydroxyl groups is 1. The summed E-state index contributed by atoms with van der Waals surface area (Å²) in [7, 11) is 1.62. The number of carbonyl (C=O) groups excluding carboxylic acids is 1. The molecular weight excluding hydrogens is 328 g/mol. The van der Waals surface area contributed by atoms with Gasteiger partial charge < -0.3 is 20.4 Å². The minimum Gasteiger partial charge on any atom is -0.478 e. The molecule has 1 aromatic rings. The van der Waals surface area contributed by atoms with Gasteiger partial charge in [0.15, 0.2) is 0 Å². The van der Waals surface area contributed by atoms with Gasteiger partial charge in [-0.05, 0) is 47.5 Å². The Bertz CT molecular complexity index is 505. The van der Waals surface area contributed by atoms with Crippen LogP contribution in [0.25, 0.3) is 0 Å². The Hall–Kier alpha value is -1.60. The number of anilines is 1. The van der Waals surface area contributed by atoms with Crippen molar-refractivity contribution in [2.45, 2.75) is 19.4 Å². The Morgan fingerprint density at radius 2 is 2.10 bits per heavy atom. The van der Waals surface area contributed by atoms with Gasteiger partial charge >= 0.3 is 12.0 Å². The van der Waals surface area contributed by atoms with Gasteiger partial charge in [0.2, 0.25) is 0 Å².